The number of rotatable bonds is 4. The van der Waals surface area contributed by atoms with Crippen LogP contribution in [0.25, 0.3) is 0 Å². The van der Waals surface area contributed by atoms with Crippen LogP contribution in [0.1, 0.15) is 41.2 Å². The van der Waals surface area contributed by atoms with Crippen LogP contribution in [0.3, 0.4) is 0 Å². The molecule has 1 unspecified atom stereocenters. The summed E-state index contributed by atoms with van der Waals surface area (Å²) in [5.41, 5.74) is 5.00. The minimum absolute atomic E-state index is 0.240. The molecule has 24 heavy (non-hydrogen) atoms. The normalized spacial score (nSPS) is 19.7. The van der Waals surface area contributed by atoms with E-state index in [1.54, 1.807) is 6.20 Å². The predicted molar refractivity (Wildman–Crippen MR) is 95.6 cm³/mol. The van der Waals surface area contributed by atoms with Crippen LogP contribution < -0.4 is 10.1 Å². The number of hydrogen-bond donors (Lipinski definition) is 2. The number of pyridine rings is 1. The number of aromatic nitrogens is 1. The number of aromatic hydroxyl groups is 1. The molecule has 0 radical (unpaired) electrons. The lowest BCUT2D eigenvalue weighted by molar-refractivity contribution is 0.0630. The molecule has 0 saturated heterocycles. The van der Waals surface area contributed by atoms with Crippen LogP contribution in [0, 0.1) is 20.8 Å². The van der Waals surface area contributed by atoms with E-state index >= 15 is 0 Å². The van der Waals surface area contributed by atoms with Crippen LogP contribution in [-0.4, -0.2) is 22.2 Å². The van der Waals surface area contributed by atoms with Crippen molar-refractivity contribution >= 4 is 0 Å². The number of nitrogens with zero attached hydrogens (tertiary/aromatic N) is 1. The number of ether oxygens (including phenoxy) is 1. The first-order chi connectivity index (χ1) is 11.4. The average Bonchev–Trinajstić information content (AvgIpc) is 2.59. The Morgan fingerprint density at radius 2 is 2.04 bits per heavy atom. The maximum atomic E-state index is 10.3. The van der Waals surface area contributed by atoms with Crippen LogP contribution in [0.4, 0.5) is 0 Å². The second kappa shape index (κ2) is 6.44. The number of nitrogens with one attached hydrogen (secondary N) is 1. The molecule has 4 nitrogen and oxygen atoms in total. The zero-order chi connectivity index (χ0) is 17.3. The molecule has 0 amide bonds. The Labute approximate surface area is 143 Å². The van der Waals surface area contributed by atoms with E-state index in [1.807, 2.05) is 33.0 Å². The summed E-state index contributed by atoms with van der Waals surface area (Å²) in [6.45, 7) is 9.68. The zero-order valence-electron chi connectivity index (χ0n) is 14.9. The van der Waals surface area contributed by atoms with Gasteiger partial charge in [0.1, 0.15) is 17.1 Å². The first-order valence-corrected chi connectivity index (χ1v) is 8.51. The lowest BCUT2D eigenvalue weighted by Crippen LogP contribution is -2.45. The summed E-state index contributed by atoms with van der Waals surface area (Å²) in [6, 6.07) is 4.02. The Morgan fingerprint density at radius 3 is 2.75 bits per heavy atom. The Balaban J connectivity index is 1.74. The van der Waals surface area contributed by atoms with Crippen LogP contribution in [0.5, 0.6) is 11.5 Å². The molecule has 2 N–H and O–H groups in total. The van der Waals surface area contributed by atoms with Crippen molar-refractivity contribution in [1.82, 2.24) is 10.3 Å². The van der Waals surface area contributed by atoms with Gasteiger partial charge in [-0.3, -0.25) is 4.98 Å². The van der Waals surface area contributed by atoms with Crippen LogP contribution in [0.15, 0.2) is 24.5 Å². The van der Waals surface area contributed by atoms with E-state index in [9.17, 15) is 5.11 Å². The van der Waals surface area contributed by atoms with Crippen molar-refractivity contribution in [3.8, 4) is 11.5 Å². The van der Waals surface area contributed by atoms with Crippen molar-refractivity contribution in [2.24, 2.45) is 0 Å². The van der Waals surface area contributed by atoms with Gasteiger partial charge in [0, 0.05) is 31.0 Å². The molecule has 1 aromatic carbocycles. The van der Waals surface area contributed by atoms with E-state index in [-0.39, 0.29) is 5.60 Å². The highest BCUT2D eigenvalue weighted by molar-refractivity contribution is 5.58. The van der Waals surface area contributed by atoms with Gasteiger partial charge in [-0.25, -0.2) is 0 Å². The van der Waals surface area contributed by atoms with Crippen molar-refractivity contribution < 1.29 is 9.84 Å². The molecule has 4 heteroatoms. The van der Waals surface area contributed by atoms with Crippen molar-refractivity contribution in [3.05, 3.63) is 52.3 Å². The fourth-order valence-electron chi connectivity index (χ4n) is 3.39. The van der Waals surface area contributed by atoms with E-state index in [0.717, 1.165) is 53.9 Å². The van der Waals surface area contributed by atoms with Gasteiger partial charge in [0.05, 0.1) is 0 Å². The third kappa shape index (κ3) is 3.11. The second-order valence-corrected chi connectivity index (χ2v) is 7.05. The van der Waals surface area contributed by atoms with E-state index in [2.05, 4.69) is 23.3 Å². The number of benzene rings is 1. The van der Waals surface area contributed by atoms with Gasteiger partial charge in [-0.2, -0.15) is 0 Å². The minimum Gasteiger partial charge on any atom is -0.507 e. The van der Waals surface area contributed by atoms with Gasteiger partial charge >= 0.3 is 0 Å². The molecule has 1 aliphatic rings. The molecule has 0 bridgehead atoms. The molecule has 0 spiro atoms. The van der Waals surface area contributed by atoms with E-state index in [0.29, 0.717) is 5.75 Å². The fraction of sp³-hybridized carbons (Fsp3) is 0.450. The summed E-state index contributed by atoms with van der Waals surface area (Å²) in [4.78, 5) is 4.14. The van der Waals surface area contributed by atoms with Gasteiger partial charge in [-0.05, 0) is 68.9 Å². The van der Waals surface area contributed by atoms with Gasteiger partial charge in [-0.1, -0.05) is 6.07 Å². The molecule has 2 aromatic rings. The summed E-state index contributed by atoms with van der Waals surface area (Å²) in [6.07, 6.45) is 5.53. The van der Waals surface area contributed by atoms with E-state index in [1.165, 1.54) is 5.56 Å². The monoisotopic (exact) mass is 326 g/mol. The predicted octanol–water partition coefficient (Wildman–Crippen LogP) is 3.59. The minimum atomic E-state index is -0.240. The maximum Gasteiger partial charge on any atom is 0.127 e. The largest absolute Gasteiger partial charge is 0.507 e. The first kappa shape index (κ1) is 16.8. The van der Waals surface area contributed by atoms with Gasteiger partial charge in [0.15, 0.2) is 0 Å². The first-order valence-electron chi connectivity index (χ1n) is 8.51. The topological polar surface area (TPSA) is 54.4 Å². The van der Waals surface area contributed by atoms with Gasteiger partial charge in [-0.15, -0.1) is 0 Å². The van der Waals surface area contributed by atoms with E-state index < -0.39 is 0 Å². The van der Waals surface area contributed by atoms with Crippen LogP contribution in [-0.2, 0) is 13.0 Å². The third-order valence-electron chi connectivity index (χ3n) is 5.14. The Morgan fingerprint density at radius 1 is 1.25 bits per heavy atom. The van der Waals surface area contributed by atoms with Crippen molar-refractivity contribution in [2.75, 3.05) is 6.54 Å². The van der Waals surface area contributed by atoms with Crippen LogP contribution >= 0.6 is 0 Å². The number of hydrogen-bond acceptors (Lipinski definition) is 4. The molecule has 3 rings (SSSR count). The number of fused-ring (bicyclic) bond motifs is 1. The standard InChI is InChI=1S/C20H26N2O2/c1-13-14(2)19-17(15(3)18(13)23)7-8-20(4,24-19)12-22-11-16-6-5-9-21-10-16/h5-6,9-10,22-23H,7-8,11-12H2,1-4H3. The Hall–Kier alpha value is -2.07. The van der Waals surface area contributed by atoms with Crippen molar-refractivity contribution in [1.29, 1.82) is 0 Å². The lowest BCUT2D eigenvalue weighted by Gasteiger charge is -2.38. The van der Waals surface area contributed by atoms with Gasteiger partial charge in [0.25, 0.3) is 0 Å². The summed E-state index contributed by atoms with van der Waals surface area (Å²) in [5.74, 6) is 1.37. The molecule has 1 atom stereocenters. The highest BCUT2D eigenvalue weighted by atomic mass is 16.5. The smallest absolute Gasteiger partial charge is 0.127 e. The molecular weight excluding hydrogens is 300 g/mol. The van der Waals surface area contributed by atoms with Crippen LogP contribution in [0.2, 0.25) is 0 Å². The third-order valence-corrected chi connectivity index (χ3v) is 5.14. The van der Waals surface area contributed by atoms with Gasteiger partial charge < -0.3 is 15.2 Å². The number of phenolic OH excluding ortho intramolecular Hbond substituents is 1. The summed E-state index contributed by atoms with van der Waals surface area (Å²) in [7, 11) is 0. The quantitative estimate of drug-likeness (QED) is 0.901. The Bertz CT molecular complexity index is 743. The maximum absolute atomic E-state index is 10.3. The van der Waals surface area contributed by atoms with E-state index in [4.69, 9.17) is 4.74 Å². The molecule has 1 aliphatic heterocycles. The molecule has 0 fully saturated rings. The fourth-order valence-corrected chi connectivity index (χ4v) is 3.39. The van der Waals surface area contributed by atoms with Crippen molar-refractivity contribution in [2.45, 2.75) is 52.7 Å². The molecule has 1 aromatic heterocycles. The average molecular weight is 326 g/mol. The summed E-state index contributed by atoms with van der Waals surface area (Å²) >= 11 is 0. The summed E-state index contributed by atoms with van der Waals surface area (Å²) in [5, 5.41) is 13.8. The molecule has 128 valence electrons. The second-order valence-electron chi connectivity index (χ2n) is 7.05. The summed E-state index contributed by atoms with van der Waals surface area (Å²) < 4.78 is 6.42. The van der Waals surface area contributed by atoms with Crippen molar-refractivity contribution in [3.63, 3.8) is 0 Å². The highest BCUT2D eigenvalue weighted by Gasteiger charge is 2.34. The number of phenols is 1. The Kier molecular flexibility index (Phi) is 4.50. The van der Waals surface area contributed by atoms with Gasteiger partial charge in [0.2, 0.25) is 0 Å². The zero-order valence-corrected chi connectivity index (χ0v) is 14.9. The molecule has 2 heterocycles. The molecular formula is C20H26N2O2. The lowest BCUT2D eigenvalue weighted by atomic mass is 9.87. The molecule has 0 saturated carbocycles. The molecule has 0 aliphatic carbocycles. The SMILES string of the molecule is Cc1c(C)c2c(c(C)c1O)CCC(C)(CNCc1cccnc1)O2. The highest BCUT2D eigenvalue weighted by Crippen LogP contribution is 2.43.